The third-order valence-corrected chi connectivity index (χ3v) is 3.69. The molecule has 2 aromatic carbocycles. The fourth-order valence-electron chi connectivity index (χ4n) is 2.58. The molecule has 112 valence electrons. The molecule has 0 aliphatic heterocycles. The number of nitrogens with one attached hydrogen (secondary N) is 1. The van der Waals surface area contributed by atoms with E-state index in [1.807, 2.05) is 54.0 Å². The number of benzene rings is 2. The van der Waals surface area contributed by atoms with Gasteiger partial charge in [0, 0.05) is 16.9 Å². The van der Waals surface area contributed by atoms with Crippen molar-refractivity contribution < 1.29 is 9.53 Å². The maximum Gasteiger partial charge on any atom is 0.244 e. The molecule has 1 aromatic heterocycles. The van der Waals surface area contributed by atoms with Gasteiger partial charge in [-0.25, -0.2) is 0 Å². The molecule has 0 unspecified atom stereocenters. The van der Waals surface area contributed by atoms with Crippen molar-refractivity contribution in [3.8, 4) is 5.75 Å². The number of carbonyl (C=O) groups is 1. The summed E-state index contributed by atoms with van der Waals surface area (Å²) in [5.41, 5.74) is 2.91. The molecule has 4 nitrogen and oxygen atoms in total. The summed E-state index contributed by atoms with van der Waals surface area (Å²) in [6.45, 7) is 2.31. The molecule has 3 aromatic rings. The quantitative estimate of drug-likeness (QED) is 0.799. The van der Waals surface area contributed by atoms with Gasteiger partial charge in [0.05, 0.1) is 7.11 Å². The van der Waals surface area contributed by atoms with E-state index in [0.717, 1.165) is 28.0 Å². The first kappa shape index (κ1) is 14.2. The minimum Gasteiger partial charge on any atom is -0.497 e. The van der Waals surface area contributed by atoms with Crippen molar-refractivity contribution in [2.75, 3.05) is 12.4 Å². The highest BCUT2D eigenvalue weighted by molar-refractivity contribution is 5.92. The van der Waals surface area contributed by atoms with E-state index in [0.29, 0.717) is 6.54 Å². The molecule has 0 bridgehead atoms. The van der Waals surface area contributed by atoms with Gasteiger partial charge in [0.25, 0.3) is 0 Å². The number of para-hydroxylation sites is 1. The second-order valence-corrected chi connectivity index (χ2v) is 5.21. The fraction of sp³-hybridized carbons (Fsp3) is 0.167. The van der Waals surface area contributed by atoms with E-state index in [-0.39, 0.29) is 5.91 Å². The van der Waals surface area contributed by atoms with Crippen LogP contribution in [-0.2, 0) is 11.3 Å². The Balaban J connectivity index is 1.76. The van der Waals surface area contributed by atoms with Gasteiger partial charge in [0.2, 0.25) is 5.91 Å². The van der Waals surface area contributed by atoms with E-state index >= 15 is 0 Å². The van der Waals surface area contributed by atoms with Crippen molar-refractivity contribution >= 4 is 22.5 Å². The molecule has 0 saturated heterocycles. The Bertz CT molecular complexity index is 804. The van der Waals surface area contributed by atoms with Crippen LogP contribution < -0.4 is 10.1 Å². The summed E-state index contributed by atoms with van der Waals surface area (Å²) in [6.07, 6.45) is 0. The second kappa shape index (κ2) is 5.93. The fourth-order valence-corrected chi connectivity index (χ4v) is 2.58. The molecule has 4 heteroatoms. The molecule has 3 rings (SSSR count). The lowest BCUT2D eigenvalue weighted by Gasteiger charge is -2.10. The first-order valence-corrected chi connectivity index (χ1v) is 7.16. The summed E-state index contributed by atoms with van der Waals surface area (Å²) in [5, 5.41) is 4.06. The molecular formula is C18H18N2O2. The molecule has 1 heterocycles. The molecule has 0 atom stereocenters. The topological polar surface area (TPSA) is 43.3 Å². The lowest BCUT2D eigenvalue weighted by molar-refractivity contribution is -0.116. The number of hydrogen-bond acceptors (Lipinski definition) is 2. The Labute approximate surface area is 129 Å². The van der Waals surface area contributed by atoms with Crippen LogP contribution in [0.1, 0.15) is 5.69 Å². The van der Waals surface area contributed by atoms with Crippen molar-refractivity contribution in [2.24, 2.45) is 0 Å². The van der Waals surface area contributed by atoms with E-state index in [1.165, 1.54) is 0 Å². The zero-order valence-corrected chi connectivity index (χ0v) is 12.7. The molecule has 0 fully saturated rings. The maximum atomic E-state index is 12.3. The average molecular weight is 294 g/mol. The SMILES string of the molecule is COc1ccc(NC(=O)Cn2c(C)cc3ccccc32)cc1. The number of rotatable bonds is 4. The van der Waals surface area contributed by atoms with Crippen LogP contribution in [0.3, 0.4) is 0 Å². The molecule has 1 amide bonds. The van der Waals surface area contributed by atoms with Crippen molar-refractivity contribution in [2.45, 2.75) is 13.5 Å². The van der Waals surface area contributed by atoms with Gasteiger partial charge in [-0.15, -0.1) is 0 Å². The van der Waals surface area contributed by atoms with E-state index in [4.69, 9.17) is 4.74 Å². The highest BCUT2D eigenvalue weighted by Crippen LogP contribution is 2.20. The number of hydrogen-bond donors (Lipinski definition) is 1. The Kier molecular flexibility index (Phi) is 3.83. The van der Waals surface area contributed by atoms with Crippen molar-refractivity contribution in [1.29, 1.82) is 0 Å². The zero-order chi connectivity index (χ0) is 15.5. The molecule has 0 aliphatic carbocycles. The number of fused-ring (bicyclic) bond motifs is 1. The standard InChI is InChI=1S/C18H18N2O2/c1-13-11-14-5-3-4-6-17(14)20(13)12-18(21)19-15-7-9-16(22-2)10-8-15/h3-11H,12H2,1-2H3,(H,19,21). The zero-order valence-electron chi connectivity index (χ0n) is 12.7. The van der Waals surface area contributed by atoms with Crippen LogP contribution in [0.2, 0.25) is 0 Å². The minimum atomic E-state index is -0.0466. The van der Waals surface area contributed by atoms with Crippen LogP contribution in [-0.4, -0.2) is 17.6 Å². The van der Waals surface area contributed by atoms with Crippen LogP contribution in [0.5, 0.6) is 5.75 Å². The molecule has 0 aliphatic rings. The van der Waals surface area contributed by atoms with Crippen molar-refractivity contribution in [3.05, 3.63) is 60.3 Å². The molecule has 0 spiro atoms. The van der Waals surface area contributed by atoms with Gasteiger partial charge in [0.1, 0.15) is 12.3 Å². The van der Waals surface area contributed by atoms with Crippen molar-refractivity contribution in [3.63, 3.8) is 0 Å². The van der Waals surface area contributed by atoms with E-state index in [1.54, 1.807) is 7.11 Å². The monoisotopic (exact) mass is 294 g/mol. The van der Waals surface area contributed by atoms with Gasteiger partial charge in [-0.1, -0.05) is 18.2 Å². The summed E-state index contributed by atoms with van der Waals surface area (Å²) in [7, 11) is 1.62. The summed E-state index contributed by atoms with van der Waals surface area (Å²) >= 11 is 0. The Morgan fingerprint density at radius 3 is 2.59 bits per heavy atom. The number of aryl methyl sites for hydroxylation is 1. The Morgan fingerprint density at radius 1 is 1.14 bits per heavy atom. The van der Waals surface area contributed by atoms with E-state index in [2.05, 4.69) is 17.4 Å². The van der Waals surface area contributed by atoms with Gasteiger partial charge in [-0.3, -0.25) is 4.79 Å². The summed E-state index contributed by atoms with van der Waals surface area (Å²) in [5.74, 6) is 0.722. The van der Waals surface area contributed by atoms with Gasteiger partial charge in [-0.05, 0) is 48.7 Å². The van der Waals surface area contributed by atoms with Crippen LogP contribution in [0, 0.1) is 6.92 Å². The highest BCUT2D eigenvalue weighted by atomic mass is 16.5. The number of aromatic nitrogens is 1. The van der Waals surface area contributed by atoms with E-state index < -0.39 is 0 Å². The largest absolute Gasteiger partial charge is 0.497 e. The molecule has 0 saturated carbocycles. The predicted molar refractivity (Wildman–Crippen MR) is 88.3 cm³/mol. The predicted octanol–water partition coefficient (Wildman–Crippen LogP) is 3.60. The summed E-state index contributed by atoms with van der Waals surface area (Å²) in [6, 6.07) is 17.5. The Morgan fingerprint density at radius 2 is 1.86 bits per heavy atom. The number of anilines is 1. The number of carbonyl (C=O) groups excluding carboxylic acids is 1. The van der Waals surface area contributed by atoms with Crippen LogP contribution in [0.15, 0.2) is 54.6 Å². The number of ether oxygens (including phenoxy) is 1. The molecule has 22 heavy (non-hydrogen) atoms. The molecule has 1 N–H and O–H groups in total. The third kappa shape index (κ3) is 2.81. The average Bonchev–Trinajstić information content (AvgIpc) is 2.84. The third-order valence-electron chi connectivity index (χ3n) is 3.69. The van der Waals surface area contributed by atoms with Crippen LogP contribution in [0.25, 0.3) is 10.9 Å². The molecular weight excluding hydrogens is 276 g/mol. The minimum absolute atomic E-state index is 0.0466. The van der Waals surface area contributed by atoms with Gasteiger partial charge in [-0.2, -0.15) is 0 Å². The lowest BCUT2D eigenvalue weighted by Crippen LogP contribution is -2.19. The van der Waals surface area contributed by atoms with Gasteiger partial charge < -0.3 is 14.6 Å². The smallest absolute Gasteiger partial charge is 0.244 e. The first-order valence-electron chi connectivity index (χ1n) is 7.16. The summed E-state index contributed by atoms with van der Waals surface area (Å²) in [4.78, 5) is 12.3. The second-order valence-electron chi connectivity index (χ2n) is 5.21. The van der Waals surface area contributed by atoms with Crippen LogP contribution in [0.4, 0.5) is 5.69 Å². The molecule has 0 radical (unpaired) electrons. The van der Waals surface area contributed by atoms with E-state index in [9.17, 15) is 4.79 Å². The highest BCUT2D eigenvalue weighted by Gasteiger charge is 2.09. The van der Waals surface area contributed by atoms with Crippen molar-refractivity contribution in [1.82, 2.24) is 4.57 Å². The van der Waals surface area contributed by atoms with Gasteiger partial charge in [0.15, 0.2) is 0 Å². The number of nitrogens with zero attached hydrogens (tertiary/aromatic N) is 1. The Hall–Kier alpha value is -2.75. The summed E-state index contributed by atoms with van der Waals surface area (Å²) < 4.78 is 7.13. The van der Waals surface area contributed by atoms with Crippen LogP contribution >= 0.6 is 0 Å². The number of methoxy groups -OCH3 is 1. The number of amides is 1. The van der Waals surface area contributed by atoms with Gasteiger partial charge >= 0.3 is 0 Å². The normalized spacial score (nSPS) is 10.6. The first-order chi connectivity index (χ1) is 10.7. The lowest BCUT2D eigenvalue weighted by atomic mass is 10.2. The maximum absolute atomic E-state index is 12.3.